The number of ether oxygens (including phenoxy) is 1. The molecule has 0 saturated heterocycles. The Morgan fingerprint density at radius 1 is 1.00 bits per heavy atom. The first-order valence-corrected chi connectivity index (χ1v) is 8.09. The fourth-order valence-electron chi connectivity index (χ4n) is 2.50. The van der Waals surface area contributed by atoms with E-state index in [1.54, 1.807) is 0 Å². The topological polar surface area (TPSA) is 35.2 Å². The lowest BCUT2D eigenvalue weighted by Crippen LogP contribution is -2.10. The molecule has 2 aromatic carbocycles. The zero-order valence-electron chi connectivity index (χ0n) is 12.6. The van der Waals surface area contributed by atoms with Crippen LogP contribution < -0.4 is 10.5 Å². The summed E-state index contributed by atoms with van der Waals surface area (Å²) in [5.74, 6) is 0.918. The third-order valence-corrected chi connectivity index (χ3v) is 3.87. The molecule has 0 aliphatic carbocycles. The molecule has 0 radical (unpaired) electrons. The Morgan fingerprint density at radius 3 is 2.43 bits per heavy atom. The number of hydrogen-bond donors (Lipinski definition) is 1. The molecule has 3 heteroatoms. The molecule has 2 nitrogen and oxygen atoms in total. The molecule has 0 bridgehead atoms. The number of thiocarbonyl (C=S) groups is 1. The molecular formula is C18H23NOS. The number of unbranched alkanes of at least 4 members (excludes halogenated alkanes) is 4. The van der Waals surface area contributed by atoms with Crippen molar-refractivity contribution < 1.29 is 4.74 Å². The zero-order chi connectivity index (χ0) is 15.1. The summed E-state index contributed by atoms with van der Waals surface area (Å²) in [7, 11) is 0. The van der Waals surface area contributed by atoms with E-state index >= 15 is 0 Å². The average Bonchev–Trinajstić information content (AvgIpc) is 2.50. The van der Waals surface area contributed by atoms with Crippen LogP contribution in [0.25, 0.3) is 10.8 Å². The van der Waals surface area contributed by atoms with Crippen LogP contribution in [0.15, 0.2) is 36.4 Å². The van der Waals surface area contributed by atoms with E-state index < -0.39 is 0 Å². The molecule has 0 aliphatic rings. The molecule has 0 unspecified atom stereocenters. The number of hydrogen-bond acceptors (Lipinski definition) is 2. The number of benzene rings is 2. The predicted molar refractivity (Wildman–Crippen MR) is 94.1 cm³/mol. The van der Waals surface area contributed by atoms with E-state index in [1.807, 2.05) is 30.3 Å². The highest BCUT2D eigenvalue weighted by atomic mass is 32.1. The largest absolute Gasteiger partial charge is 0.493 e. The first kappa shape index (κ1) is 15.8. The molecule has 0 aromatic heterocycles. The lowest BCUT2D eigenvalue weighted by molar-refractivity contribution is 0.308. The van der Waals surface area contributed by atoms with Crippen LogP contribution in [-0.4, -0.2) is 11.6 Å². The molecule has 21 heavy (non-hydrogen) atoms. The van der Waals surface area contributed by atoms with Gasteiger partial charge in [-0.3, -0.25) is 0 Å². The minimum Gasteiger partial charge on any atom is -0.493 e. The monoisotopic (exact) mass is 301 g/mol. The normalized spacial score (nSPS) is 10.7. The molecule has 0 fully saturated rings. The molecule has 2 rings (SSSR count). The van der Waals surface area contributed by atoms with E-state index in [0.29, 0.717) is 4.99 Å². The van der Waals surface area contributed by atoms with E-state index in [9.17, 15) is 0 Å². The maximum Gasteiger partial charge on any atom is 0.127 e. The van der Waals surface area contributed by atoms with Gasteiger partial charge in [0.05, 0.1) is 6.61 Å². The van der Waals surface area contributed by atoms with E-state index in [4.69, 9.17) is 22.7 Å². The Balaban J connectivity index is 2.07. The summed E-state index contributed by atoms with van der Waals surface area (Å²) in [4.78, 5) is 0.428. The minimum atomic E-state index is 0.428. The summed E-state index contributed by atoms with van der Waals surface area (Å²) in [6, 6.07) is 12.0. The van der Waals surface area contributed by atoms with Gasteiger partial charge in [-0.25, -0.2) is 0 Å². The molecule has 0 saturated carbocycles. The predicted octanol–water partition coefficient (Wildman–Crippen LogP) is 4.82. The van der Waals surface area contributed by atoms with Gasteiger partial charge in [-0.15, -0.1) is 0 Å². The standard InChI is InChI=1S/C18H23NOS/c1-2-3-4-5-8-13-20-17-12-11-16(18(19)21)14-9-6-7-10-15(14)17/h6-7,9-12H,2-5,8,13H2,1H3,(H2,19,21). The van der Waals surface area contributed by atoms with Gasteiger partial charge in [0.1, 0.15) is 10.7 Å². The maximum atomic E-state index is 5.95. The van der Waals surface area contributed by atoms with Gasteiger partial charge in [0, 0.05) is 10.9 Å². The van der Waals surface area contributed by atoms with E-state index in [2.05, 4.69) is 13.0 Å². The highest BCUT2D eigenvalue weighted by Gasteiger charge is 2.08. The van der Waals surface area contributed by atoms with Gasteiger partial charge in [0.25, 0.3) is 0 Å². The summed E-state index contributed by atoms with van der Waals surface area (Å²) in [6.45, 7) is 2.99. The van der Waals surface area contributed by atoms with Gasteiger partial charge in [0.15, 0.2) is 0 Å². The van der Waals surface area contributed by atoms with Crippen molar-refractivity contribution >= 4 is 28.0 Å². The van der Waals surface area contributed by atoms with Crippen LogP contribution in [-0.2, 0) is 0 Å². The van der Waals surface area contributed by atoms with Crippen LogP contribution in [0.3, 0.4) is 0 Å². The number of nitrogens with two attached hydrogens (primary N) is 1. The van der Waals surface area contributed by atoms with E-state index in [0.717, 1.165) is 35.1 Å². The Labute approximate surface area is 132 Å². The molecule has 0 atom stereocenters. The van der Waals surface area contributed by atoms with Crippen LogP contribution in [0.4, 0.5) is 0 Å². The van der Waals surface area contributed by atoms with Crippen LogP contribution in [0.2, 0.25) is 0 Å². The van der Waals surface area contributed by atoms with Crippen LogP contribution >= 0.6 is 12.2 Å². The molecule has 0 heterocycles. The fraction of sp³-hybridized carbons (Fsp3) is 0.389. The van der Waals surface area contributed by atoms with Gasteiger partial charge in [-0.1, -0.05) is 69.1 Å². The Kier molecular flexibility index (Phi) is 6.00. The average molecular weight is 301 g/mol. The molecule has 0 spiro atoms. The summed E-state index contributed by atoms with van der Waals surface area (Å²) in [5.41, 5.74) is 6.70. The summed E-state index contributed by atoms with van der Waals surface area (Å²) >= 11 is 5.12. The van der Waals surface area contributed by atoms with Crippen LogP contribution in [0.1, 0.15) is 44.6 Å². The van der Waals surface area contributed by atoms with Crippen molar-refractivity contribution in [1.29, 1.82) is 0 Å². The van der Waals surface area contributed by atoms with Crippen molar-refractivity contribution in [3.63, 3.8) is 0 Å². The second-order valence-electron chi connectivity index (χ2n) is 5.28. The van der Waals surface area contributed by atoms with Crippen LogP contribution in [0.5, 0.6) is 5.75 Å². The van der Waals surface area contributed by atoms with Crippen molar-refractivity contribution in [2.45, 2.75) is 39.0 Å². The number of rotatable bonds is 8. The molecule has 0 aliphatic heterocycles. The Morgan fingerprint density at radius 2 is 1.71 bits per heavy atom. The first-order chi connectivity index (χ1) is 10.2. The van der Waals surface area contributed by atoms with Gasteiger partial charge >= 0.3 is 0 Å². The highest BCUT2D eigenvalue weighted by Crippen LogP contribution is 2.28. The maximum absolute atomic E-state index is 5.95. The molecule has 2 aromatic rings. The quantitative estimate of drug-likeness (QED) is 0.560. The van der Waals surface area contributed by atoms with Crippen molar-refractivity contribution in [1.82, 2.24) is 0 Å². The summed E-state index contributed by atoms with van der Waals surface area (Å²) in [5, 5.41) is 2.14. The second kappa shape index (κ2) is 7.99. The zero-order valence-corrected chi connectivity index (χ0v) is 13.4. The molecule has 112 valence electrons. The SMILES string of the molecule is CCCCCCCOc1ccc(C(N)=S)c2ccccc12. The lowest BCUT2D eigenvalue weighted by atomic mass is 10.0. The second-order valence-corrected chi connectivity index (χ2v) is 5.72. The highest BCUT2D eigenvalue weighted by molar-refractivity contribution is 7.80. The lowest BCUT2D eigenvalue weighted by Gasteiger charge is -2.12. The van der Waals surface area contributed by atoms with E-state index in [-0.39, 0.29) is 0 Å². The van der Waals surface area contributed by atoms with Crippen molar-refractivity contribution in [3.05, 3.63) is 42.0 Å². The van der Waals surface area contributed by atoms with Gasteiger partial charge in [-0.05, 0) is 23.9 Å². The first-order valence-electron chi connectivity index (χ1n) is 7.68. The molecule has 2 N–H and O–H groups in total. The minimum absolute atomic E-state index is 0.428. The smallest absolute Gasteiger partial charge is 0.127 e. The molecule has 0 amide bonds. The van der Waals surface area contributed by atoms with Crippen molar-refractivity contribution in [2.24, 2.45) is 5.73 Å². The summed E-state index contributed by atoms with van der Waals surface area (Å²) in [6.07, 6.45) is 6.21. The third-order valence-electron chi connectivity index (χ3n) is 3.65. The fourth-order valence-corrected chi connectivity index (χ4v) is 2.68. The Hall–Kier alpha value is -1.61. The van der Waals surface area contributed by atoms with Gasteiger partial charge in [0.2, 0.25) is 0 Å². The van der Waals surface area contributed by atoms with Crippen molar-refractivity contribution in [3.8, 4) is 5.75 Å². The number of fused-ring (bicyclic) bond motifs is 1. The Bertz CT molecular complexity index is 609. The molecular weight excluding hydrogens is 278 g/mol. The van der Waals surface area contributed by atoms with Gasteiger partial charge in [-0.2, -0.15) is 0 Å². The third kappa shape index (κ3) is 4.18. The van der Waals surface area contributed by atoms with E-state index in [1.165, 1.54) is 25.7 Å². The summed E-state index contributed by atoms with van der Waals surface area (Å²) < 4.78 is 5.95. The van der Waals surface area contributed by atoms with Crippen LogP contribution in [0, 0.1) is 0 Å². The van der Waals surface area contributed by atoms with Gasteiger partial charge < -0.3 is 10.5 Å². The van der Waals surface area contributed by atoms with Crippen molar-refractivity contribution in [2.75, 3.05) is 6.61 Å².